The van der Waals surface area contributed by atoms with Gasteiger partial charge in [-0.3, -0.25) is 28.7 Å². The van der Waals surface area contributed by atoms with E-state index in [1.54, 1.807) is 22.7 Å². The molecular formula is C59H69ClN8O8S2. The van der Waals surface area contributed by atoms with Crippen molar-refractivity contribution in [3.05, 3.63) is 139 Å². The Labute approximate surface area is 469 Å². The van der Waals surface area contributed by atoms with Crippen LogP contribution >= 0.6 is 34.3 Å². The Bertz CT molecular complexity index is 3140. The van der Waals surface area contributed by atoms with Crippen LogP contribution in [0.3, 0.4) is 0 Å². The van der Waals surface area contributed by atoms with Crippen molar-refractivity contribution in [2.45, 2.75) is 123 Å². The summed E-state index contributed by atoms with van der Waals surface area (Å²) < 4.78 is 19.5. The fourth-order valence-corrected chi connectivity index (χ4v) is 12.3. The lowest BCUT2D eigenvalue weighted by atomic mass is 9.85. The van der Waals surface area contributed by atoms with Crippen LogP contribution in [0.25, 0.3) is 15.4 Å². The largest absolute Gasteiger partial charge is 0.494 e. The minimum atomic E-state index is -0.955. The second-order valence-corrected chi connectivity index (χ2v) is 24.1. The standard InChI is InChI=1S/C59H69ClN8O8S2/c1-35-22-29-77-52(35)41-12-10-39(11-13-41)32-61-55(72)47-30-44(69)33-67(47)56(73)53(58(5,6)7)63-49(71)34-75-27-8-25-74-26-9-28-76-45-20-16-42(17-21-45)59(23-24-59)64-48(70)31-46-54-66-65-38(4)68(54)57-50(36(2)37(3)78-57)51(62-46)40-14-18-43(60)19-15-40/h10-22,29,44,46-47,53,69H,8-9,23-28,30-34H2,1-7H3,(H,61,72)(H,63,71)(H,64,70)/t44-,46+,47+,53-/m1/s1. The number of amides is 4. The smallest absolute Gasteiger partial charge is 0.246 e. The number of halogens is 1. The quantitative estimate of drug-likeness (QED) is 0.0476. The number of fused-ring (bicyclic) bond motifs is 3. The number of benzene rings is 3. The van der Waals surface area contributed by atoms with Crippen molar-refractivity contribution in [3.8, 4) is 21.2 Å². The van der Waals surface area contributed by atoms with Gasteiger partial charge < -0.3 is 40.2 Å². The third-order valence-corrected chi connectivity index (χ3v) is 17.1. The van der Waals surface area contributed by atoms with Crippen LogP contribution in [0.5, 0.6) is 5.75 Å². The zero-order valence-corrected chi connectivity index (χ0v) is 47.7. The molecule has 9 rings (SSSR count). The number of hydrogen-bond donors (Lipinski definition) is 4. The van der Waals surface area contributed by atoms with Gasteiger partial charge in [0.15, 0.2) is 5.82 Å². The molecule has 1 aliphatic carbocycles. The van der Waals surface area contributed by atoms with E-state index in [0.29, 0.717) is 43.5 Å². The first kappa shape index (κ1) is 56.4. The summed E-state index contributed by atoms with van der Waals surface area (Å²) in [5.74, 6) is 0.737. The maximum absolute atomic E-state index is 14.0. The molecule has 16 nitrogen and oxygen atoms in total. The molecule has 0 radical (unpaired) electrons. The molecule has 3 aliphatic rings. The molecule has 2 fully saturated rings. The first-order valence-electron chi connectivity index (χ1n) is 26.6. The van der Waals surface area contributed by atoms with Crippen LogP contribution in [0, 0.1) is 33.1 Å². The topological polar surface area (TPSA) is 199 Å². The van der Waals surface area contributed by atoms with Crippen molar-refractivity contribution in [1.29, 1.82) is 0 Å². The number of aliphatic hydroxyl groups is 1. The van der Waals surface area contributed by atoms with Crippen LogP contribution in [-0.4, -0.2) is 112 Å². The summed E-state index contributed by atoms with van der Waals surface area (Å²) in [6.07, 6.45) is 2.21. The van der Waals surface area contributed by atoms with Crippen LogP contribution in [0.1, 0.15) is 115 Å². The zero-order chi connectivity index (χ0) is 55.3. The molecule has 4 atom stereocenters. The molecule has 19 heteroatoms. The highest BCUT2D eigenvalue weighted by atomic mass is 35.5. The average Bonchev–Trinajstić information content (AvgIpc) is 3.91. The van der Waals surface area contributed by atoms with Crippen molar-refractivity contribution in [2.24, 2.45) is 10.4 Å². The molecule has 1 saturated heterocycles. The Morgan fingerprint density at radius 3 is 2.23 bits per heavy atom. The number of aliphatic hydroxyl groups excluding tert-OH is 1. The maximum atomic E-state index is 14.0. The number of β-amino-alcohol motifs (C(OH)–C–C–N with tert-alkyl or cyclic N) is 1. The minimum Gasteiger partial charge on any atom is -0.494 e. The van der Waals surface area contributed by atoms with Gasteiger partial charge in [0.05, 0.1) is 30.4 Å². The van der Waals surface area contributed by atoms with E-state index in [4.69, 9.17) is 30.8 Å². The summed E-state index contributed by atoms with van der Waals surface area (Å²) in [4.78, 5) is 63.6. The summed E-state index contributed by atoms with van der Waals surface area (Å²) in [6.45, 7) is 15.4. The van der Waals surface area contributed by atoms with E-state index in [-0.39, 0.29) is 51.0 Å². The number of nitrogens with one attached hydrogen (secondary N) is 3. The van der Waals surface area contributed by atoms with E-state index >= 15 is 0 Å². The molecule has 3 aromatic heterocycles. The van der Waals surface area contributed by atoms with E-state index in [0.717, 1.165) is 68.5 Å². The first-order chi connectivity index (χ1) is 37.4. The van der Waals surface area contributed by atoms with Crippen LogP contribution < -0.4 is 20.7 Å². The molecule has 5 heterocycles. The number of rotatable bonds is 22. The highest BCUT2D eigenvalue weighted by Crippen LogP contribution is 2.47. The molecule has 0 bridgehead atoms. The predicted molar refractivity (Wildman–Crippen MR) is 304 cm³/mol. The van der Waals surface area contributed by atoms with Gasteiger partial charge in [-0.25, -0.2) is 0 Å². The van der Waals surface area contributed by atoms with Gasteiger partial charge in [0.25, 0.3) is 0 Å². The van der Waals surface area contributed by atoms with E-state index in [2.05, 4.69) is 62.9 Å². The number of carbonyl (C=O) groups is 4. The number of hydrogen-bond acceptors (Lipinski definition) is 13. The lowest BCUT2D eigenvalue weighted by Crippen LogP contribution is -2.58. The monoisotopic (exact) mass is 1120 g/mol. The highest BCUT2D eigenvalue weighted by molar-refractivity contribution is 7.15. The number of carbonyl (C=O) groups excluding carboxylic acids is 4. The van der Waals surface area contributed by atoms with Crippen molar-refractivity contribution < 1.29 is 38.5 Å². The number of ether oxygens (including phenoxy) is 3. The van der Waals surface area contributed by atoms with E-state index < -0.39 is 47.0 Å². The second kappa shape index (κ2) is 24.4. The molecule has 412 valence electrons. The van der Waals surface area contributed by atoms with Crippen molar-refractivity contribution in [2.75, 3.05) is 39.6 Å². The number of likely N-dealkylation sites (tertiary alicyclic amines) is 1. The normalized spacial score (nSPS) is 17.8. The maximum Gasteiger partial charge on any atom is 0.246 e. The van der Waals surface area contributed by atoms with Crippen LogP contribution in [-0.2, 0) is 40.7 Å². The number of aromatic nitrogens is 3. The van der Waals surface area contributed by atoms with Crippen LogP contribution in [0.15, 0.2) is 89.2 Å². The zero-order valence-electron chi connectivity index (χ0n) is 45.3. The minimum absolute atomic E-state index is 0.00896. The highest BCUT2D eigenvalue weighted by Gasteiger charge is 2.47. The Kier molecular flexibility index (Phi) is 17.6. The fourth-order valence-electron chi connectivity index (χ4n) is 10.1. The van der Waals surface area contributed by atoms with Gasteiger partial charge in [-0.2, -0.15) is 0 Å². The summed E-state index contributed by atoms with van der Waals surface area (Å²) in [7, 11) is 0. The van der Waals surface area contributed by atoms with Crippen molar-refractivity contribution in [3.63, 3.8) is 0 Å². The van der Waals surface area contributed by atoms with E-state index in [1.807, 2.05) is 100 Å². The summed E-state index contributed by atoms with van der Waals surface area (Å²) in [6, 6.07) is 23.2. The Balaban J connectivity index is 0.674. The van der Waals surface area contributed by atoms with Crippen LogP contribution in [0.2, 0.25) is 5.02 Å². The van der Waals surface area contributed by atoms with Gasteiger partial charge in [0.2, 0.25) is 23.6 Å². The fraction of sp³-hybridized carbons (Fsp3) is 0.441. The van der Waals surface area contributed by atoms with E-state index in [1.165, 1.54) is 20.2 Å². The summed E-state index contributed by atoms with van der Waals surface area (Å²) >= 11 is 9.65. The Morgan fingerprint density at radius 1 is 0.859 bits per heavy atom. The van der Waals surface area contributed by atoms with Crippen molar-refractivity contribution >= 4 is 63.6 Å². The van der Waals surface area contributed by atoms with Gasteiger partial charge in [-0.05, 0) is 116 Å². The molecule has 0 spiro atoms. The first-order valence-corrected chi connectivity index (χ1v) is 28.7. The molecule has 0 unspecified atom stereocenters. The predicted octanol–water partition coefficient (Wildman–Crippen LogP) is 9.03. The van der Waals surface area contributed by atoms with Crippen LogP contribution in [0.4, 0.5) is 0 Å². The number of aryl methyl sites for hydroxylation is 3. The van der Waals surface area contributed by atoms with Gasteiger partial charge in [-0.1, -0.05) is 80.9 Å². The van der Waals surface area contributed by atoms with Crippen molar-refractivity contribution in [1.82, 2.24) is 35.6 Å². The van der Waals surface area contributed by atoms with Gasteiger partial charge >= 0.3 is 0 Å². The summed E-state index contributed by atoms with van der Waals surface area (Å²) in [5, 5.41) is 32.4. The molecule has 4 amide bonds. The number of nitrogens with zero attached hydrogens (tertiary/aromatic N) is 5. The SMILES string of the molecule is Cc1ccsc1-c1ccc(CNC(=O)[C@@H]2C[C@@H](O)CN2C(=O)[C@@H](NC(=O)COCCCOCCCOc2ccc(C3(NC(=O)C[C@@H]4N=C(c5ccc(Cl)cc5)c5c(sc(C)c5C)-n5c(C)nnc54)CC3)cc2)C(C)(C)C)cc1. The Morgan fingerprint density at radius 2 is 1.55 bits per heavy atom. The second-order valence-electron chi connectivity index (χ2n) is 21.6. The van der Waals surface area contributed by atoms with E-state index in [9.17, 15) is 24.3 Å². The molecule has 1 saturated carbocycles. The molecular weight excluding hydrogens is 1050 g/mol. The third-order valence-electron chi connectivity index (χ3n) is 14.6. The van der Waals surface area contributed by atoms with Gasteiger partial charge in [-0.15, -0.1) is 32.9 Å². The number of thiophene rings is 2. The Hall–Kier alpha value is -6.28. The van der Waals surface area contributed by atoms with Gasteiger partial charge in [0, 0.05) is 71.7 Å². The molecule has 3 aromatic carbocycles. The molecule has 6 aromatic rings. The lowest BCUT2D eigenvalue weighted by molar-refractivity contribution is -0.144. The molecule has 78 heavy (non-hydrogen) atoms. The van der Waals surface area contributed by atoms with Gasteiger partial charge in [0.1, 0.15) is 41.3 Å². The molecule has 2 aliphatic heterocycles. The third kappa shape index (κ3) is 13.1. The molecule has 4 N–H and O–H groups in total. The lowest BCUT2D eigenvalue weighted by Gasteiger charge is -2.35. The number of aliphatic imine (C=N–C) groups is 1. The average molecular weight is 1120 g/mol. The summed E-state index contributed by atoms with van der Waals surface area (Å²) in [5.41, 5.74) is 6.98.